The minimum Gasteiger partial charge on any atom is -0.496 e. The van der Waals surface area contributed by atoms with Crippen molar-refractivity contribution >= 4 is 33.2 Å². The fourth-order valence-corrected chi connectivity index (χ4v) is 2.79. The third-order valence-electron chi connectivity index (χ3n) is 3.21. The van der Waals surface area contributed by atoms with E-state index in [1.807, 2.05) is 36.4 Å². The summed E-state index contributed by atoms with van der Waals surface area (Å²) in [6.45, 7) is 2.09. The van der Waals surface area contributed by atoms with Gasteiger partial charge in [-0.2, -0.15) is 0 Å². The average Bonchev–Trinajstić information content (AvgIpc) is 2.49. The van der Waals surface area contributed by atoms with Gasteiger partial charge >= 0.3 is 0 Å². The molecule has 0 amide bonds. The molecular formula is C16H17BrClNO2. The maximum absolute atomic E-state index is 6.03. The molecule has 2 aromatic carbocycles. The van der Waals surface area contributed by atoms with Gasteiger partial charge in [0.2, 0.25) is 0 Å². The lowest BCUT2D eigenvalue weighted by Crippen LogP contribution is -2.07. The summed E-state index contributed by atoms with van der Waals surface area (Å²) in [5.41, 5.74) is 2.10. The summed E-state index contributed by atoms with van der Waals surface area (Å²) in [5.74, 6) is 1.48. The zero-order valence-electron chi connectivity index (χ0n) is 12.1. The quantitative estimate of drug-likeness (QED) is 0.775. The van der Waals surface area contributed by atoms with Crippen molar-refractivity contribution in [2.24, 2.45) is 0 Å². The molecule has 0 saturated heterocycles. The number of nitrogens with one attached hydrogen (secondary N) is 1. The van der Waals surface area contributed by atoms with Crippen LogP contribution in [0.1, 0.15) is 18.5 Å². The Bertz CT molecular complexity index is 634. The molecule has 0 aliphatic carbocycles. The van der Waals surface area contributed by atoms with E-state index in [0.29, 0.717) is 10.8 Å². The summed E-state index contributed by atoms with van der Waals surface area (Å²) in [4.78, 5) is 0. The zero-order chi connectivity index (χ0) is 15.4. The summed E-state index contributed by atoms with van der Waals surface area (Å²) < 4.78 is 11.4. The minimum atomic E-state index is 0.137. The molecule has 0 saturated carbocycles. The summed E-state index contributed by atoms with van der Waals surface area (Å²) in [7, 11) is 3.26. The van der Waals surface area contributed by atoms with Crippen LogP contribution < -0.4 is 14.8 Å². The molecule has 1 unspecified atom stereocenters. The highest BCUT2D eigenvalue weighted by Gasteiger charge is 2.10. The fourth-order valence-electron chi connectivity index (χ4n) is 2.03. The molecule has 2 rings (SSSR count). The Morgan fingerprint density at radius 1 is 1.05 bits per heavy atom. The topological polar surface area (TPSA) is 30.5 Å². The van der Waals surface area contributed by atoms with E-state index in [9.17, 15) is 0 Å². The zero-order valence-corrected chi connectivity index (χ0v) is 14.5. The van der Waals surface area contributed by atoms with Gasteiger partial charge in [0.05, 0.1) is 23.7 Å². The molecule has 0 bridgehead atoms. The minimum absolute atomic E-state index is 0.137. The van der Waals surface area contributed by atoms with E-state index in [2.05, 4.69) is 28.2 Å². The largest absolute Gasteiger partial charge is 0.496 e. The monoisotopic (exact) mass is 369 g/mol. The van der Waals surface area contributed by atoms with Crippen LogP contribution in [0, 0.1) is 0 Å². The van der Waals surface area contributed by atoms with Gasteiger partial charge < -0.3 is 14.8 Å². The van der Waals surface area contributed by atoms with Gasteiger partial charge in [0.1, 0.15) is 11.5 Å². The van der Waals surface area contributed by atoms with E-state index >= 15 is 0 Å². The molecule has 0 fully saturated rings. The summed E-state index contributed by atoms with van der Waals surface area (Å²) in [5, 5.41) is 4.02. The normalized spacial score (nSPS) is 11.9. The molecule has 0 aliphatic heterocycles. The van der Waals surface area contributed by atoms with Crippen molar-refractivity contribution < 1.29 is 9.47 Å². The molecular weight excluding hydrogens is 354 g/mol. The standard InChI is InChI=1S/C16H17BrClNO2/c1-10(11-4-7-15(20-2)13(17)8-11)19-12-5-6-14(18)16(9-12)21-3/h4-10,19H,1-3H3. The predicted octanol–water partition coefficient (Wildman–Crippen LogP) is 5.29. The molecule has 0 aliphatic rings. The molecule has 0 spiro atoms. The van der Waals surface area contributed by atoms with Crippen molar-refractivity contribution in [3.05, 3.63) is 51.5 Å². The summed E-state index contributed by atoms with van der Waals surface area (Å²) >= 11 is 9.53. The second-order valence-electron chi connectivity index (χ2n) is 4.61. The number of anilines is 1. The van der Waals surface area contributed by atoms with Crippen molar-refractivity contribution in [1.82, 2.24) is 0 Å². The first-order valence-corrected chi connectivity index (χ1v) is 7.65. The Kier molecular flexibility index (Phi) is 5.37. The van der Waals surface area contributed by atoms with E-state index in [4.69, 9.17) is 21.1 Å². The Morgan fingerprint density at radius 2 is 1.76 bits per heavy atom. The molecule has 0 radical (unpaired) electrons. The SMILES string of the molecule is COc1cc(NC(C)c2ccc(OC)c(Br)c2)ccc1Cl. The summed E-state index contributed by atoms with van der Waals surface area (Å²) in [6.07, 6.45) is 0. The summed E-state index contributed by atoms with van der Waals surface area (Å²) in [6, 6.07) is 11.8. The van der Waals surface area contributed by atoms with Gasteiger partial charge in [0.15, 0.2) is 0 Å². The number of methoxy groups -OCH3 is 2. The van der Waals surface area contributed by atoms with Gasteiger partial charge in [-0.3, -0.25) is 0 Å². The van der Waals surface area contributed by atoms with Gasteiger partial charge in [0, 0.05) is 17.8 Å². The van der Waals surface area contributed by atoms with Crippen LogP contribution in [0.2, 0.25) is 5.02 Å². The lowest BCUT2D eigenvalue weighted by molar-refractivity contribution is 0.412. The third kappa shape index (κ3) is 3.83. The number of ether oxygens (including phenoxy) is 2. The van der Waals surface area contributed by atoms with Crippen molar-refractivity contribution in [3.8, 4) is 11.5 Å². The van der Waals surface area contributed by atoms with E-state index in [1.54, 1.807) is 14.2 Å². The Balaban J connectivity index is 2.17. The van der Waals surface area contributed by atoms with Gasteiger partial charge in [-0.15, -0.1) is 0 Å². The number of hydrogen-bond donors (Lipinski definition) is 1. The lowest BCUT2D eigenvalue weighted by Gasteiger charge is -2.17. The van der Waals surface area contributed by atoms with Gasteiger partial charge in [-0.05, 0) is 52.7 Å². The highest BCUT2D eigenvalue weighted by atomic mass is 79.9. The number of benzene rings is 2. The highest BCUT2D eigenvalue weighted by molar-refractivity contribution is 9.10. The maximum atomic E-state index is 6.03. The molecule has 3 nitrogen and oxygen atoms in total. The highest BCUT2D eigenvalue weighted by Crippen LogP contribution is 2.31. The molecule has 2 aromatic rings. The molecule has 1 N–H and O–H groups in total. The molecule has 0 heterocycles. The Labute approximate surface area is 138 Å². The smallest absolute Gasteiger partial charge is 0.139 e. The maximum Gasteiger partial charge on any atom is 0.139 e. The molecule has 1 atom stereocenters. The number of hydrogen-bond acceptors (Lipinski definition) is 3. The molecule has 5 heteroatoms. The van der Waals surface area contributed by atoms with E-state index in [-0.39, 0.29) is 6.04 Å². The van der Waals surface area contributed by atoms with Crippen LogP contribution in [0.25, 0.3) is 0 Å². The van der Waals surface area contributed by atoms with Crippen LogP contribution in [0.4, 0.5) is 5.69 Å². The lowest BCUT2D eigenvalue weighted by atomic mass is 10.1. The van der Waals surface area contributed by atoms with Crippen molar-refractivity contribution in [1.29, 1.82) is 0 Å². The average molecular weight is 371 g/mol. The molecule has 21 heavy (non-hydrogen) atoms. The predicted molar refractivity (Wildman–Crippen MR) is 90.7 cm³/mol. The number of halogens is 2. The van der Waals surface area contributed by atoms with E-state index in [0.717, 1.165) is 21.5 Å². The van der Waals surface area contributed by atoms with E-state index < -0.39 is 0 Å². The van der Waals surface area contributed by atoms with Gasteiger partial charge in [-0.1, -0.05) is 17.7 Å². The molecule has 0 aromatic heterocycles. The van der Waals surface area contributed by atoms with Gasteiger partial charge in [0.25, 0.3) is 0 Å². The third-order valence-corrected chi connectivity index (χ3v) is 4.14. The van der Waals surface area contributed by atoms with Crippen LogP contribution in [0.15, 0.2) is 40.9 Å². The van der Waals surface area contributed by atoms with Crippen LogP contribution in [0.3, 0.4) is 0 Å². The Morgan fingerprint density at radius 3 is 2.38 bits per heavy atom. The molecule has 112 valence electrons. The first-order chi connectivity index (χ1) is 10.0. The van der Waals surface area contributed by atoms with Crippen LogP contribution >= 0.6 is 27.5 Å². The van der Waals surface area contributed by atoms with Crippen LogP contribution in [-0.4, -0.2) is 14.2 Å². The van der Waals surface area contributed by atoms with Crippen molar-refractivity contribution in [3.63, 3.8) is 0 Å². The van der Waals surface area contributed by atoms with Gasteiger partial charge in [-0.25, -0.2) is 0 Å². The van der Waals surface area contributed by atoms with Crippen LogP contribution in [0.5, 0.6) is 11.5 Å². The first kappa shape index (κ1) is 16.0. The first-order valence-electron chi connectivity index (χ1n) is 6.48. The van der Waals surface area contributed by atoms with Crippen molar-refractivity contribution in [2.45, 2.75) is 13.0 Å². The fraction of sp³-hybridized carbons (Fsp3) is 0.250. The van der Waals surface area contributed by atoms with Crippen molar-refractivity contribution in [2.75, 3.05) is 19.5 Å². The Hall–Kier alpha value is -1.39. The number of rotatable bonds is 5. The second kappa shape index (κ2) is 7.05. The van der Waals surface area contributed by atoms with Crippen LogP contribution in [-0.2, 0) is 0 Å². The second-order valence-corrected chi connectivity index (χ2v) is 5.87. The van der Waals surface area contributed by atoms with E-state index in [1.165, 1.54) is 0 Å².